The summed E-state index contributed by atoms with van der Waals surface area (Å²) in [6, 6.07) is 38.7. The quantitative estimate of drug-likeness (QED) is 0.352. The van der Waals surface area contributed by atoms with Crippen molar-refractivity contribution < 1.29 is 4.42 Å². The first kappa shape index (κ1) is 18.8. The van der Waals surface area contributed by atoms with Crippen LogP contribution in [-0.4, -0.2) is 4.98 Å². The summed E-state index contributed by atoms with van der Waals surface area (Å²) in [5.74, 6) is 0.796. The van der Waals surface area contributed by atoms with E-state index in [1.165, 1.54) is 15.9 Å². The summed E-state index contributed by atoms with van der Waals surface area (Å²) < 4.78 is 6.29. The number of para-hydroxylation sites is 1. The molecule has 0 fully saturated rings. The van der Waals surface area contributed by atoms with Crippen molar-refractivity contribution in [3.63, 3.8) is 0 Å². The van der Waals surface area contributed by atoms with Gasteiger partial charge in [0.15, 0.2) is 5.58 Å². The average molecular weight is 408 g/mol. The van der Waals surface area contributed by atoms with Gasteiger partial charge in [-0.15, -0.1) is 0 Å². The molecule has 0 aliphatic carbocycles. The van der Waals surface area contributed by atoms with Crippen molar-refractivity contribution in [1.29, 1.82) is 0 Å². The van der Waals surface area contributed by atoms with Gasteiger partial charge in [-0.1, -0.05) is 66.7 Å². The summed E-state index contributed by atoms with van der Waals surface area (Å²) in [6.07, 6.45) is 0.749. The second-order valence-electron chi connectivity index (χ2n) is 7.50. The molecule has 0 saturated heterocycles. The minimum atomic E-state index is -2.00. The summed E-state index contributed by atoms with van der Waals surface area (Å²) in [4.78, 5) is 4.93. The van der Waals surface area contributed by atoms with E-state index in [0.717, 1.165) is 28.7 Å². The van der Waals surface area contributed by atoms with Crippen LogP contribution in [0.1, 0.15) is 11.5 Å². The predicted octanol–water partition coefficient (Wildman–Crippen LogP) is 5.63. The Hall–Kier alpha value is -3.22. The van der Waals surface area contributed by atoms with Gasteiger partial charge in [-0.2, -0.15) is 0 Å². The second-order valence-corrected chi connectivity index (χ2v) is 11.0. The van der Waals surface area contributed by atoms with E-state index in [4.69, 9.17) is 9.40 Å². The van der Waals surface area contributed by atoms with E-state index >= 15 is 0 Å². The lowest BCUT2D eigenvalue weighted by Gasteiger charge is -2.26. The molecule has 0 aliphatic heterocycles. The van der Waals surface area contributed by atoms with Crippen LogP contribution in [0.2, 0.25) is 0 Å². The van der Waals surface area contributed by atoms with Crippen molar-refractivity contribution in [2.45, 2.75) is 13.1 Å². The molecular weight excluding hydrogens is 385 g/mol. The number of oxazole rings is 1. The Labute approximate surface area is 177 Å². The van der Waals surface area contributed by atoms with Crippen LogP contribution in [-0.2, 0) is 6.16 Å². The van der Waals surface area contributed by atoms with E-state index < -0.39 is 7.26 Å². The number of aryl methyl sites for hydroxylation is 1. The molecule has 0 atom stereocenters. The zero-order valence-electron chi connectivity index (χ0n) is 16.9. The van der Waals surface area contributed by atoms with Gasteiger partial charge in [0, 0.05) is 0 Å². The molecule has 0 saturated carbocycles. The van der Waals surface area contributed by atoms with Gasteiger partial charge in [0.05, 0.1) is 0 Å². The van der Waals surface area contributed by atoms with E-state index in [-0.39, 0.29) is 0 Å². The predicted molar refractivity (Wildman–Crippen MR) is 128 cm³/mol. The minimum absolute atomic E-state index is 0.749. The summed E-state index contributed by atoms with van der Waals surface area (Å²) in [5, 5.41) is 4.00. The Kier molecular flexibility index (Phi) is 4.94. The first-order valence-electron chi connectivity index (χ1n) is 10.2. The van der Waals surface area contributed by atoms with Crippen LogP contribution in [0.5, 0.6) is 0 Å². The molecule has 0 unspecified atom stereocenters. The van der Waals surface area contributed by atoms with E-state index in [2.05, 4.69) is 104 Å². The van der Waals surface area contributed by atoms with Gasteiger partial charge in [0.1, 0.15) is 34.9 Å². The molecule has 3 heteroatoms. The van der Waals surface area contributed by atoms with Crippen LogP contribution >= 0.6 is 7.26 Å². The maximum atomic E-state index is 6.29. The lowest BCUT2D eigenvalue weighted by molar-refractivity contribution is 0.555. The largest absolute Gasteiger partial charge is 0.437 e. The molecular formula is C27H23NOP+. The van der Waals surface area contributed by atoms with Crippen LogP contribution in [0.3, 0.4) is 0 Å². The van der Waals surface area contributed by atoms with Crippen molar-refractivity contribution in [3.05, 3.63) is 121 Å². The lowest BCUT2D eigenvalue weighted by atomic mass is 10.2. The van der Waals surface area contributed by atoms with Gasteiger partial charge >= 0.3 is 0 Å². The number of aromatic nitrogens is 1. The molecule has 0 amide bonds. The second kappa shape index (κ2) is 7.89. The SMILES string of the molecule is Cc1cccc2oc(C[P+](c3ccccc3)(c3ccccc3)c3ccccc3)nc12. The van der Waals surface area contributed by atoms with Crippen molar-refractivity contribution in [2.24, 2.45) is 0 Å². The number of benzene rings is 4. The highest BCUT2D eigenvalue weighted by Crippen LogP contribution is 2.58. The number of hydrogen-bond donors (Lipinski definition) is 0. The maximum absolute atomic E-state index is 6.29. The molecule has 0 N–H and O–H groups in total. The molecule has 1 heterocycles. The van der Waals surface area contributed by atoms with Crippen LogP contribution in [0.4, 0.5) is 0 Å². The Morgan fingerprint density at radius 2 is 1.13 bits per heavy atom. The molecule has 5 rings (SSSR count). The molecule has 0 aliphatic rings. The fourth-order valence-corrected chi connectivity index (χ4v) is 8.20. The highest BCUT2D eigenvalue weighted by molar-refractivity contribution is 7.95. The van der Waals surface area contributed by atoms with E-state index in [1.807, 2.05) is 12.1 Å². The highest BCUT2D eigenvalue weighted by atomic mass is 31.2. The van der Waals surface area contributed by atoms with Gasteiger partial charge in [0.2, 0.25) is 5.89 Å². The number of nitrogens with zero attached hydrogens (tertiary/aromatic N) is 1. The minimum Gasteiger partial charge on any atom is -0.437 e. The van der Waals surface area contributed by atoms with Crippen molar-refractivity contribution in [1.82, 2.24) is 4.98 Å². The summed E-state index contributed by atoms with van der Waals surface area (Å²) in [7, 11) is -2.00. The number of fused-ring (bicyclic) bond motifs is 1. The molecule has 5 aromatic rings. The summed E-state index contributed by atoms with van der Waals surface area (Å²) in [5.41, 5.74) is 2.96. The van der Waals surface area contributed by atoms with E-state index in [1.54, 1.807) is 0 Å². The van der Waals surface area contributed by atoms with Crippen LogP contribution < -0.4 is 15.9 Å². The van der Waals surface area contributed by atoms with Crippen LogP contribution in [0.15, 0.2) is 114 Å². The van der Waals surface area contributed by atoms with Crippen molar-refractivity contribution in [2.75, 3.05) is 0 Å². The Morgan fingerprint density at radius 1 is 0.633 bits per heavy atom. The van der Waals surface area contributed by atoms with Crippen LogP contribution in [0.25, 0.3) is 11.1 Å². The monoisotopic (exact) mass is 408 g/mol. The fraction of sp³-hybridized carbons (Fsp3) is 0.0741. The molecule has 0 bridgehead atoms. The Balaban J connectivity index is 1.77. The summed E-state index contributed by atoms with van der Waals surface area (Å²) >= 11 is 0. The Bertz CT molecular complexity index is 1170. The smallest absolute Gasteiger partial charge is 0.234 e. The maximum Gasteiger partial charge on any atom is 0.234 e. The van der Waals surface area contributed by atoms with E-state index in [9.17, 15) is 0 Å². The standard InChI is InChI=1S/C27H23NOP/c1-21-12-11-19-25-27(21)28-26(29-25)20-30(22-13-5-2-6-14-22,23-15-7-3-8-16-23)24-17-9-4-10-18-24/h2-19H,20H2,1H3/q+1. The number of rotatable bonds is 5. The number of hydrogen-bond acceptors (Lipinski definition) is 2. The molecule has 1 aromatic heterocycles. The van der Waals surface area contributed by atoms with Gasteiger partial charge in [0.25, 0.3) is 0 Å². The highest BCUT2D eigenvalue weighted by Gasteiger charge is 2.46. The van der Waals surface area contributed by atoms with Gasteiger partial charge in [-0.3, -0.25) is 0 Å². The zero-order valence-corrected chi connectivity index (χ0v) is 17.8. The fourth-order valence-electron chi connectivity index (χ4n) is 4.17. The first-order chi connectivity index (χ1) is 14.8. The average Bonchev–Trinajstić information content (AvgIpc) is 3.23. The van der Waals surface area contributed by atoms with Crippen molar-refractivity contribution in [3.8, 4) is 0 Å². The van der Waals surface area contributed by atoms with Crippen LogP contribution in [0, 0.1) is 6.92 Å². The Morgan fingerprint density at radius 3 is 1.60 bits per heavy atom. The van der Waals surface area contributed by atoms with E-state index in [0.29, 0.717) is 0 Å². The van der Waals surface area contributed by atoms with Gasteiger partial charge in [-0.05, 0) is 55.0 Å². The zero-order chi connectivity index (χ0) is 20.4. The molecule has 0 spiro atoms. The van der Waals surface area contributed by atoms with Gasteiger partial charge in [-0.25, -0.2) is 4.98 Å². The molecule has 2 nitrogen and oxygen atoms in total. The third-order valence-electron chi connectivity index (χ3n) is 5.63. The first-order valence-corrected chi connectivity index (χ1v) is 12.1. The lowest BCUT2D eigenvalue weighted by Crippen LogP contribution is -2.32. The van der Waals surface area contributed by atoms with Crippen molar-refractivity contribution >= 4 is 34.3 Å². The third-order valence-corrected chi connectivity index (χ3v) is 9.91. The molecule has 0 radical (unpaired) electrons. The third kappa shape index (κ3) is 3.24. The summed E-state index contributed by atoms with van der Waals surface area (Å²) in [6.45, 7) is 2.09. The molecule has 30 heavy (non-hydrogen) atoms. The van der Waals surface area contributed by atoms with Gasteiger partial charge < -0.3 is 4.42 Å². The normalized spacial score (nSPS) is 11.6. The topological polar surface area (TPSA) is 26.0 Å². The molecule has 146 valence electrons. The molecule has 4 aromatic carbocycles.